The van der Waals surface area contributed by atoms with E-state index in [1.54, 1.807) is 0 Å². The Kier molecular flexibility index (Phi) is 5.02. The van der Waals surface area contributed by atoms with E-state index < -0.39 is 10.0 Å². The number of nitrogens with one attached hydrogen (secondary N) is 1. The summed E-state index contributed by atoms with van der Waals surface area (Å²) in [5, 5.41) is 0. The highest BCUT2D eigenvalue weighted by Gasteiger charge is 2.18. The van der Waals surface area contributed by atoms with Crippen molar-refractivity contribution in [2.75, 3.05) is 25.4 Å². The number of rotatable bonds is 6. The summed E-state index contributed by atoms with van der Waals surface area (Å²) >= 11 is 0. The topological polar surface area (TPSA) is 49.4 Å². The Morgan fingerprint density at radius 2 is 1.93 bits per heavy atom. The monoisotopic (exact) mass is 234 g/mol. The van der Waals surface area contributed by atoms with Gasteiger partial charge in [-0.1, -0.05) is 6.92 Å². The molecule has 1 unspecified atom stereocenters. The van der Waals surface area contributed by atoms with Crippen LogP contribution in [0.15, 0.2) is 0 Å². The van der Waals surface area contributed by atoms with Gasteiger partial charge < -0.3 is 4.90 Å². The quantitative estimate of drug-likeness (QED) is 0.739. The largest absolute Gasteiger partial charge is 0.302 e. The second-order valence-electron chi connectivity index (χ2n) is 4.35. The molecule has 1 atom stereocenters. The fourth-order valence-electron chi connectivity index (χ4n) is 2.02. The van der Waals surface area contributed by atoms with Crippen molar-refractivity contribution in [1.29, 1.82) is 0 Å². The van der Waals surface area contributed by atoms with Gasteiger partial charge in [-0.3, -0.25) is 0 Å². The summed E-state index contributed by atoms with van der Waals surface area (Å²) in [5.74, 6) is 0.233. The normalized spacial score (nSPS) is 20.7. The van der Waals surface area contributed by atoms with Crippen LogP contribution in [0.5, 0.6) is 0 Å². The maximum absolute atomic E-state index is 11.5. The lowest BCUT2D eigenvalue weighted by Gasteiger charge is -2.20. The van der Waals surface area contributed by atoms with Crippen LogP contribution < -0.4 is 4.72 Å². The smallest absolute Gasteiger partial charge is 0.211 e. The minimum Gasteiger partial charge on any atom is -0.302 e. The molecule has 15 heavy (non-hydrogen) atoms. The molecule has 1 aliphatic heterocycles. The Balaban J connectivity index is 2.31. The maximum Gasteiger partial charge on any atom is 0.211 e. The lowest BCUT2D eigenvalue weighted by Crippen LogP contribution is -2.41. The van der Waals surface area contributed by atoms with Crippen molar-refractivity contribution in [3.63, 3.8) is 0 Å². The van der Waals surface area contributed by atoms with Gasteiger partial charge in [-0.15, -0.1) is 0 Å². The first-order valence-corrected chi connectivity index (χ1v) is 7.41. The minimum absolute atomic E-state index is 0.0275. The van der Waals surface area contributed by atoms with Crippen LogP contribution in [0.25, 0.3) is 0 Å². The average Bonchev–Trinajstić information content (AvgIpc) is 2.54. The van der Waals surface area contributed by atoms with Gasteiger partial charge in [0.1, 0.15) is 0 Å². The van der Waals surface area contributed by atoms with E-state index in [4.69, 9.17) is 0 Å². The molecule has 90 valence electrons. The number of hydrogen-bond acceptors (Lipinski definition) is 3. The number of sulfonamides is 1. The molecular formula is C10H22N2O2S. The van der Waals surface area contributed by atoms with Gasteiger partial charge >= 0.3 is 0 Å². The summed E-state index contributed by atoms with van der Waals surface area (Å²) in [7, 11) is -3.05. The first-order valence-electron chi connectivity index (χ1n) is 5.76. The molecule has 1 saturated heterocycles. The fourth-order valence-corrected chi connectivity index (χ4v) is 3.37. The molecule has 0 amide bonds. The summed E-state index contributed by atoms with van der Waals surface area (Å²) in [6, 6.07) is 0.0275. The third kappa shape index (κ3) is 4.95. The van der Waals surface area contributed by atoms with Crippen LogP contribution >= 0.6 is 0 Å². The summed E-state index contributed by atoms with van der Waals surface area (Å²) < 4.78 is 25.7. The molecule has 0 saturated carbocycles. The molecule has 1 fully saturated rings. The molecule has 0 aliphatic carbocycles. The molecule has 4 nitrogen and oxygen atoms in total. The van der Waals surface area contributed by atoms with Crippen LogP contribution in [0.2, 0.25) is 0 Å². The molecule has 1 aliphatic rings. The molecule has 0 bridgehead atoms. The molecule has 0 aromatic heterocycles. The van der Waals surface area contributed by atoms with E-state index in [2.05, 4.69) is 9.62 Å². The third-order valence-electron chi connectivity index (χ3n) is 2.58. The molecular weight excluding hydrogens is 212 g/mol. The van der Waals surface area contributed by atoms with Gasteiger partial charge in [0.25, 0.3) is 0 Å². The van der Waals surface area contributed by atoms with Crippen LogP contribution in [-0.4, -0.2) is 44.7 Å². The number of hydrogen-bond donors (Lipinski definition) is 1. The average molecular weight is 234 g/mol. The Labute approximate surface area is 93.1 Å². The van der Waals surface area contributed by atoms with Gasteiger partial charge in [-0.2, -0.15) is 0 Å². The number of nitrogens with zero attached hydrogens (tertiary/aromatic N) is 1. The standard InChI is InChI=1S/C10H22N2O2S/c1-3-8-15(13,14)11-10(2)9-12-6-4-5-7-12/h10-11H,3-9H2,1-2H3. The molecule has 5 heteroatoms. The maximum atomic E-state index is 11.5. The van der Waals surface area contributed by atoms with Crippen molar-refractivity contribution in [1.82, 2.24) is 9.62 Å². The highest BCUT2D eigenvalue weighted by Crippen LogP contribution is 2.07. The Bertz CT molecular complexity index is 271. The van der Waals surface area contributed by atoms with E-state index in [9.17, 15) is 8.42 Å². The highest BCUT2D eigenvalue weighted by molar-refractivity contribution is 7.89. The van der Waals surface area contributed by atoms with Gasteiger partial charge in [0.15, 0.2) is 0 Å². The summed E-state index contributed by atoms with van der Waals surface area (Å²) in [6.45, 7) is 6.87. The first kappa shape index (κ1) is 12.9. The zero-order valence-corrected chi connectivity index (χ0v) is 10.5. The lowest BCUT2D eigenvalue weighted by atomic mass is 10.3. The van der Waals surface area contributed by atoms with E-state index in [0.29, 0.717) is 6.42 Å². The van der Waals surface area contributed by atoms with E-state index in [-0.39, 0.29) is 11.8 Å². The van der Waals surface area contributed by atoms with Gasteiger partial charge in [0.05, 0.1) is 5.75 Å². The van der Waals surface area contributed by atoms with Gasteiger partial charge in [-0.05, 0) is 39.3 Å². The minimum atomic E-state index is -3.05. The van der Waals surface area contributed by atoms with Gasteiger partial charge in [0, 0.05) is 12.6 Å². The second kappa shape index (κ2) is 5.82. The van der Waals surface area contributed by atoms with Crippen LogP contribution in [0.4, 0.5) is 0 Å². The van der Waals surface area contributed by atoms with Crippen molar-refractivity contribution >= 4 is 10.0 Å². The molecule has 0 aromatic carbocycles. The molecule has 0 aromatic rings. The Morgan fingerprint density at radius 1 is 1.33 bits per heavy atom. The van der Waals surface area contributed by atoms with Crippen molar-refractivity contribution in [3.8, 4) is 0 Å². The molecule has 1 N–H and O–H groups in total. The zero-order valence-electron chi connectivity index (χ0n) is 9.70. The van der Waals surface area contributed by atoms with Crippen molar-refractivity contribution in [2.24, 2.45) is 0 Å². The SMILES string of the molecule is CCCS(=O)(=O)NC(C)CN1CCCC1. The van der Waals surface area contributed by atoms with Crippen LogP contribution in [0.3, 0.4) is 0 Å². The molecule has 0 spiro atoms. The highest BCUT2D eigenvalue weighted by atomic mass is 32.2. The second-order valence-corrected chi connectivity index (χ2v) is 6.22. The lowest BCUT2D eigenvalue weighted by molar-refractivity contribution is 0.313. The zero-order chi connectivity index (χ0) is 11.3. The van der Waals surface area contributed by atoms with Gasteiger partial charge in [-0.25, -0.2) is 13.1 Å². The van der Waals surface area contributed by atoms with Crippen molar-refractivity contribution in [3.05, 3.63) is 0 Å². The van der Waals surface area contributed by atoms with E-state index in [0.717, 1.165) is 19.6 Å². The van der Waals surface area contributed by atoms with Crippen LogP contribution in [-0.2, 0) is 10.0 Å². The predicted molar refractivity (Wildman–Crippen MR) is 62.3 cm³/mol. The van der Waals surface area contributed by atoms with Crippen molar-refractivity contribution in [2.45, 2.75) is 39.2 Å². The molecule has 0 radical (unpaired) electrons. The number of likely N-dealkylation sites (tertiary alicyclic amines) is 1. The predicted octanol–water partition coefficient (Wildman–Crippen LogP) is 0.800. The summed E-state index contributed by atoms with van der Waals surface area (Å²) in [5.41, 5.74) is 0. The first-order chi connectivity index (χ1) is 7.03. The summed E-state index contributed by atoms with van der Waals surface area (Å²) in [4.78, 5) is 2.32. The fraction of sp³-hybridized carbons (Fsp3) is 1.00. The van der Waals surface area contributed by atoms with E-state index >= 15 is 0 Å². The third-order valence-corrected chi connectivity index (χ3v) is 4.29. The van der Waals surface area contributed by atoms with Crippen LogP contribution in [0, 0.1) is 0 Å². The van der Waals surface area contributed by atoms with Crippen molar-refractivity contribution < 1.29 is 8.42 Å². The van der Waals surface area contributed by atoms with Crippen LogP contribution in [0.1, 0.15) is 33.1 Å². The van der Waals surface area contributed by atoms with E-state index in [1.165, 1.54) is 12.8 Å². The molecule has 1 heterocycles. The van der Waals surface area contributed by atoms with Gasteiger partial charge in [0.2, 0.25) is 10.0 Å². The molecule has 1 rings (SSSR count). The van der Waals surface area contributed by atoms with E-state index in [1.807, 2.05) is 13.8 Å². The Hall–Kier alpha value is -0.130. The Morgan fingerprint density at radius 3 is 2.47 bits per heavy atom. The summed E-state index contributed by atoms with van der Waals surface area (Å²) in [6.07, 6.45) is 3.16.